The van der Waals surface area contributed by atoms with Crippen LogP contribution in [0.15, 0.2) is 4.99 Å². The largest absolute Gasteiger partial charge is 0.396 e. The van der Waals surface area contributed by atoms with Crippen LogP contribution >= 0.6 is 0 Å². The normalized spacial score (nSPS) is 16.8. The van der Waals surface area contributed by atoms with Gasteiger partial charge in [0.05, 0.1) is 6.61 Å². The molecule has 1 aliphatic carbocycles. The lowest BCUT2D eigenvalue weighted by atomic mass is 10.0. The Bertz CT molecular complexity index is 275. The average Bonchev–Trinajstić information content (AvgIpc) is 3.28. The summed E-state index contributed by atoms with van der Waals surface area (Å²) in [6, 6.07) is 0. The Morgan fingerprint density at radius 1 is 1.29 bits per heavy atom. The van der Waals surface area contributed by atoms with Gasteiger partial charge in [0.1, 0.15) is 0 Å². The van der Waals surface area contributed by atoms with Crippen molar-refractivity contribution in [2.45, 2.75) is 46.0 Å². The van der Waals surface area contributed by atoms with Crippen LogP contribution in [0.5, 0.6) is 0 Å². The second-order valence-corrected chi connectivity index (χ2v) is 5.83. The van der Waals surface area contributed by atoms with Crippen LogP contribution < -0.4 is 10.6 Å². The number of aliphatic hydroxyl groups excluding tert-OH is 1. The minimum Gasteiger partial charge on any atom is -0.396 e. The van der Waals surface area contributed by atoms with E-state index in [4.69, 9.17) is 9.84 Å². The maximum atomic E-state index is 9.09. The Hall–Kier alpha value is -0.810. The summed E-state index contributed by atoms with van der Waals surface area (Å²) in [5.74, 6) is 2.15. The molecule has 0 bridgehead atoms. The third kappa shape index (κ3) is 9.69. The smallest absolute Gasteiger partial charge is 0.191 e. The van der Waals surface area contributed by atoms with Gasteiger partial charge >= 0.3 is 0 Å². The average molecular weight is 299 g/mol. The molecular formula is C16H33N3O2. The summed E-state index contributed by atoms with van der Waals surface area (Å²) >= 11 is 0. The highest BCUT2D eigenvalue weighted by Gasteiger charge is 2.20. The van der Waals surface area contributed by atoms with E-state index in [-0.39, 0.29) is 6.61 Å². The first-order valence-electron chi connectivity index (χ1n) is 8.50. The van der Waals surface area contributed by atoms with E-state index in [1.807, 2.05) is 0 Å². The zero-order valence-electron chi connectivity index (χ0n) is 13.7. The van der Waals surface area contributed by atoms with Gasteiger partial charge in [-0.2, -0.15) is 0 Å². The zero-order chi connectivity index (χ0) is 15.3. The SMILES string of the molecule is CCCC(CCO)CN=C(NCC)NCCOCC1CC1. The molecule has 3 N–H and O–H groups in total. The summed E-state index contributed by atoms with van der Waals surface area (Å²) in [5.41, 5.74) is 0. The molecule has 0 heterocycles. The van der Waals surface area contributed by atoms with Gasteiger partial charge in [-0.25, -0.2) is 0 Å². The minimum atomic E-state index is 0.249. The molecule has 0 radical (unpaired) electrons. The van der Waals surface area contributed by atoms with Crippen molar-refractivity contribution in [1.29, 1.82) is 0 Å². The van der Waals surface area contributed by atoms with Crippen molar-refractivity contribution in [3.05, 3.63) is 0 Å². The van der Waals surface area contributed by atoms with Crippen molar-refractivity contribution >= 4 is 5.96 Å². The van der Waals surface area contributed by atoms with Crippen LogP contribution in [0.1, 0.15) is 46.0 Å². The number of ether oxygens (including phenoxy) is 1. The number of rotatable bonds is 12. The van der Waals surface area contributed by atoms with Gasteiger partial charge in [0.2, 0.25) is 0 Å². The fourth-order valence-corrected chi connectivity index (χ4v) is 2.26. The van der Waals surface area contributed by atoms with Crippen LogP contribution in [-0.4, -0.2) is 50.5 Å². The minimum absolute atomic E-state index is 0.249. The molecular weight excluding hydrogens is 266 g/mol. The third-order valence-electron chi connectivity index (χ3n) is 3.68. The van der Waals surface area contributed by atoms with E-state index in [0.717, 1.165) is 64.0 Å². The number of nitrogens with zero attached hydrogens (tertiary/aromatic N) is 1. The van der Waals surface area contributed by atoms with E-state index in [1.54, 1.807) is 0 Å². The highest BCUT2D eigenvalue weighted by atomic mass is 16.5. The first-order valence-corrected chi connectivity index (χ1v) is 8.50. The summed E-state index contributed by atoms with van der Waals surface area (Å²) in [6.07, 6.45) is 5.76. The van der Waals surface area contributed by atoms with Crippen LogP contribution in [0.25, 0.3) is 0 Å². The molecule has 1 rings (SSSR count). The van der Waals surface area contributed by atoms with E-state index in [9.17, 15) is 0 Å². The molecule has 1 atom stereocenters. The van der Waals surface area contributed by atoms with Crippen molar-refractivity contribution in [3.8, 4) is 0 Å². The maximum absolute atomic E-state index is 9.09. The maximum Gasteiger partial charge on any atom is 0.191 e. The molecule has 1 aliphatic rings. The van der Waals surface area contributed by atoms with Crippen LogP contribution in [0.4, 0.5) is 0 Å². The zero-order valence-corrected chi connectivity index (χ0v) is 13.7. The Kier molecular flexibility index (Phi) is 10.3. The number of aliphatic hydroxyl groups is 1. The van der Waals surface area contributed by atoms with Crippen molar-refractivity contribution < 1.29 is 9.84 Å². The Labute approximate surface area is 129 Å². The van der Waals surface area contributed by atoms with Crippen molar-refractivity contribution in [2.75, 3.05) is 39.5 Å². The van der Waals surface area contributed by atoms with Gasteiger partial charge in [-0.15, -0.1) is 0 Å². The highest BCUT2D eigenvalue weighted by molar-refractivity contribution is 5.79. The Morgan fingerprint density at radius 2 is 2.10 bits per heavy atom. The molecule has 0 aromatic carbocycles. The van der Waals surface area contributed by atoms with E-state index < -0.39 is 0 Å². The van der Waals surface area contributed by atoms with Crippen LogP contribution in [0.2, 0.25) is 0 Å². The monoisotopic (exact) mass is 299 g/mol. The second kappa shape index (κ2) is 11.8. The van der Waals surface area contributed by atoms with E-state index >= 15 is 0 Å². The molecule has 0 spiro atoms. The van der Waals surface area contributed by atoms with Gasteiger partial charge in [0.15, 0.2) is 5.96 Å². The van der Waals surface area contributed by atoms with Crippen molar-refractivity contribution in [1.82, 2.24) is 10.6 Å². The van der Waals surface area contributed by atoms with Gasteiger partial charge in [-0.3, -0.25) is 4.99 Å². The van der Waals surface area contributed by atoms with Crippen LogP contribution in [-0.2, 0) is 4.74 Å². The number of hydrogen-bond donors (Lipinski definition) is 3. The molecule has 124 valence electrons. The Balaban J connectivity index is 2.22. The third-order valence-corrected chi connectivity index (χ3v) is 3.68. The summed E-state index contributed by atoms with van der Waals surface area (Å²) in [6.45, 7) is 8.54. The lowest BCUT2D eigenvalue weighted by Crippen LogP contribution is -2.39. The van der Waals surface area contributed by atoms with E-state index in [2.05, 4.69) is 29.5 Å². The van der Waals surface area contributed by atoms with Crippen LogP contribution in [0.3, 0.4) is 0 Å². The molecule has 0 aliphatic heterocycles. The summed E-state index contributed by atoms with van der Waals surface area (Å²) in [5, 5.41) is 15.6. The van der Waals surface area contributed by atoms with Crippen LogP contribution in [0, 0.1) is 11.8 Å². The fourth-order valence-electron chi connectivity index (χ4n) is 2.26. The van der Waals surface area contributed by atoms with E-state index in [1.165, 1.54) is 12.8 Å². The van der Waals surface area contributed by atoms with Gasteiger partial charge in [0.25, 0.3) is 0 Å². The highest BCUT2D eigenvalue weighted by Crippen LogP contribution is 2.28. The molecule has 5 heteroatoms. The summed E-state index contributed by atoms with van der Waals surface area (Å²) < 4.78 is 5.61. The van der Waals surface area contributed by atoms with Crippen molar-refractivity contribution in [3.63, 3.8) is 0 Å². The van der Waals surface area contributed by atoms with Crippen molar-refractivity contribution in [2.24, 2.45) is 16.8 Å². The number of guanidine groups is 1. The van der Waals surface area contributed by atoms with Gasteiger partial charge in [-0.1, -0.05) is 13.3 Å². The predicted molar refractivity (Wildman–Crippen MR) is 87.6 cm³/mol. The Morgan fingerprint density at radius 3 is 2.71 bits per heavy atom. The topological polar surface area (TPSA) is 65.9 Å². The molecule has 0 aromatic heterocycles. The standard InChI is InChI=1S/C16H33N3O2/c1-3-5-14(8-10-20)12-19-16(17-4-2)18-9-11-21-13-15-6-7-15/h14-15,20H,3-13H2,1-2H3,(H2,17,18,19). The number of aliphatic imine (C=N–C) groups is 1. The summed E-state index contributed by atoms with van der Waals surface area (Å²) in [4.78, 5) is 4.62. The first kappa shape index (κ1) is 18.2. The molecule has 5 nitrogen and oxygen atoms in total. The second-order valence-electron chi connectivity index (χ2n) is 5.83. The van der Waals surface area contributed by atoms with E-state index in [0.29, 0.717) is 5.92 Å². The lowest BCUT2D eigenvalue weighted by molar-refractivity contribution is 0.129. The fraction of sp³-hybridized carbons (Fsp3) is 0.938. The molecule has 0 aromatic rings. The molecule has 0 amide bonds. The molecule has 1 saturated carbocycles. The lowest BCUT2D eigenvalue weighted by Gasteiger charge is -2.15. The molecule has 21 heavy (non-hydrogen) atoms. The molecule has 1 fully saturated rings. The van der Waals surface area contributed by atoms with Gasteiger partial charge in [0, 0.05) is 32.8 Å². The summed E-state index contributed by atoms with van der Waals surface area (Å²) in [7, 11) is 0. The quantitative estimate of drug-likeness (QED) is 0.292. The molecule has 1 unspecified atom stereocenters. The molecule has 0 saturated heterocycles. The first-order chi connectivity index (χ1) is 10.3. The number of nitrogens with one attached hydrogen (secondary N) is 2. The predicted octanol–water partition coefficient (Wildman–Crippen LogP) is 1.77. The van der Waals surface area contributed by atoms with Gasteiger partial charge < -0.3 is 20.5 Å². The van der Waals surface area contributed by atoms with Gasteiger partial charge in [-0.05, 0) is 44.4 Å². The number of hydrogen-bond acceptors (Lipinski definition) is 3.